The summed E-state index contributed by atoms with van der Waals surface area (Å²) in [5.41, 5.74) is 4.99. The SMILES string of the molecule is CCCCCCCCCCCCCCCCCC(=O)N[C@@H](CC(=O)O)C(=O)O.CCCCCCCCCCCCCCCCCC(=O)N[C@@H](CC(N)=O)C(=O)O.[Na]. The number of carbonyl (C=O) groups excluding carboxylic acids is 3. The van der Waals surface area contributed by atoms with Gasteiger partial charge in [-0.25, -0.2) is 9.59 Å². The van der Waals surface area contributed by atoms with E-state index in [4.69, 9.17) is 21.1 Å². The van der Waals surface area contributed by atoms with Gasteiger partial charge in [-0.3, -0.25) is 19.2 Å². The first-order chi connectivity index (χ1) is 26.9. The van der Waals surface area contributed by atoms with Gasteiger partial charge in [-0.15, -0.1) is 0 Å². The molecule has 0 aliphatic heterocycles. The van der Waals surface area contributed by atoms with Crippen molar-refractivity contribution in [1.82, 2.24) is 10.6 Å². The first-order valence-corrected chi connectivity index (χ1v) is 22.5. The van der Waals surface area contributed by atoms with E-state index in [1.54, 1.807) is 0 Å². The summed E-state index contributed by atoms with van der Waals surface area (Å²) in [6, 6.07) is -2.57. The zero-order valence-electron chi connectivity index (χ0n) is 36.6. The Morgan fingerprint density at radius 2 is 0.632 bits per heavy atom. The number of aliphatic carboxylic acids is 3. The minimum Gasteiger partial charge on any atom is -0.481 e. The molecular formula is C44H83N3NaO9. The number of carboxylic acids is 3. The fourth-order valence-electron chi connectivity index (χ4n) is 6.62. The van der Waals surface area contributed by atoms with E-state index < -0.39 is 42.3 Å². The number of primary amides is 1. The van der Waals surface area contributed by atoms with E-state index in [2.05, 4.69) is 24.5 Å². The molecule has 7 N–H and O–H groups in total. The molecule has 0 aromatic carbocycles. The molecule has 2 atom stereocenters. The summed E-state index contributed by atoms with van der Waals surface area (Å²) >= 11 is 0. The quantitative estimate of drug-likeness (QED) is 0.0256. The minimum atomic E-state index is -1.35. The van der Waals surface area contributed by atoms with Crippen LogP contribution in [0.1, 0.15) is 232 Å². The molecule has 57 heavy (non-hydrogen) atoms. The zero-order valence-corrected chi connectivity index (χ0v) is 38.6. The number of carbonyl (C=O) groups is 6. The van der Waals surface area contributed by atoms with Gasteiger partial charge in [-0.1, -0.05) is 194 Å². The number of rotatable bonds is 40. The van der Waals surface area contributed by atoms with Crippen LogP contribution in [-0.2, 0) is 28.8 Å². The maximum Gasteiger partial charge on any atom is 0.326 e. The number of hydrogen-bond donors (Lipinski definition) is 6. The maximum absolute atomic E-state index is 11.7. The number of hydrogen-bond acceptors (Lipinski definition) is 6. The predicted molar refractivity (Wildman–Crippen MR) is 230 cm³/mol. The second kappa shape index (κ2) is 44.9. The second-order valence-electron chi connectivity index (χ2n) is 15.6. The van der Waals surface area contributed by atoms with Gasteiger partial charge in [0.1, 0.15) is 12.1 Å². The summed E-state index contributed by atoms with van der Waals surface area (Å²) in [6.07, 6.45) is 37.1. The molecule has 13 heteroatoms. The van der Waals surface area contributed by atoms with E-state index in [9.17, 15) is 28.8 Å². The molecule has 0 heterocycles. The van der Waals surface area contributed by atoms with Crippen molar-refractivity contribution in [2.75, 3.05) is 0 Å². The van der Waals surface area contributed by atoms with Crippen LogP contribution in [0, 0.1) is 0 Å². The average molecular weight is 821 g/mol. The van der Waals surface area contributed by atoms with Gasteiger partial charge in [0.05, 0.1) is 12.8 Å². The van der Waals surface area contributed by atoms with Crippen molar-refractivity contribution in [3.63, 3.8) is 0 Å². The Hall–Kier alpha value is -2.18. The number of amides is 3. The molecule has 0 bridgehead atoms. The van der Waals surface area contributed by atoms with Crippen LogP contribution >= 0.6 is 0 Å². The van der Waals surface area contributed by atoms with E-state index in [1.807, 2.05) is 0 Å². The molecule has 0 rings (SSSR count). The van der Waals surface area contributed by atoms with Gasteiger partial charge in [0, 0.05) is 42.4 Å². The largest absolute Gasteiger partial charge is 0.481 e. The van der Waals surface area contributed by atoms with Gasteiger partial charge < -0.3 is 31.7 Å². The molecular weight excluding hydrogens is 737 g/mol. The molecule has 0 aliphatic carbocycles. The van der Waals surface area contributed by atoms with Gasteiger partial charge in [-0.05, 0) is 12.8 Å². The fraction of sp³-hybridized carbons (Fsp3) is 0.864. The van der Waals surface area contributed by atoms with Crippen LogP contribution in [0.4, 0.5) is 0 Å². The monoisotopic (exact) mass is 821 g/mol. The summed E-state index contributed by atoms with van der Waals surface area (Å²) in [4.78, 5) is 66.7. The summed E-state index contributed by atoms with van der Waals surface area (Å²) in [7, 11) is 0. The second-order valence-corrected chi connectivity index (χ2v) is 15.6. The minimum absolute atomic E-state index is 0. The van der Waals surface area contributed by atoms with Crippen molar-refractivity contribution in [2.24, 2.45) is 5.73 Å². The smallest absolute Gasteiger partial charge is 0.326 e. The van der Waals surface area contributed by atoms with E-state index in [-0.39, 0.29) is 54.2 Å². The Labute approximate surface area is 368 Å². The molecule has 12 nitrogen and oxygen atoms in total. The Morgan fingerprint density at radius 1 is 0.404 bits per heavy atom. The Balaban J connectivity index is -0.00000101. The number of nitrogens with two attached hydrogens (primary N) is 1. The molecule has 0 fully saturated rings. The maximum atomic E-state index is 11.7. The predicted octanol–water partition coefficient (Wildman–Crippen LogP) is 9.60. The van der Waals surface area contributed by atoms with Crippen LogP contribution in [0.5, 0.6) is 0 Å². The molecule has 0 saturated carbocycles. The van der Waals surface area contributed by atoms with Crippen molar-refractivity contribution in [3.05, 3.63) is 0 Å². The molecule has 0 spiro atoms. The van der Waals surface area contributed by atoms with E-state index in [0.717, 1.165) is 32.1 Å². The van der Waals surface area contributed by atoms with Gasteiger partial charge in [0.25, 0.3) is 0 Å². The molecule has 0 unspecified atom stereocenters. The van der Waals surface area contributed by atoms with E-state index in [1.165, 1.54) is 154 Å². The van der Waals surface area contributed by atoms with Crippen molar-refractivity contribution in [1.29, 1.82) is 0 Å². The van der Waals surface area contributed by atoms with E-state index in [0.29, 0.717) is 12.8 Å². The van der Waals surface area contributed by atoms with Crippen LogP contribution in [0.2, 0.25) is 0 Å². The fourth-order valence-corrected chi connectivity index (χ4v) is 6.62. The molecule has 0 aromatic rings. The van der Waals surface area contributed by atoms with Gasteiger partial charge in [0.2, 0.25) is 17.7 Å². The van der Waals surface area contributed by atoms with Crippen LogP contribution in [-0.4, -0.2) is 92.6 Å². The van der Waals surface area contributed by atoms with E-state index >= 15 is 0 Å². The Morgan fingerprint density at radius 3 is 0.842 bits per heavy atom. The third-order valence-electron chi connectivity index (χ3n) is 10.1. The van der Waals surface area contributed by atoms with Crippen molar-refractivity contribution in [3.8, 4) is 0 Å². The topological polar surface area (TPSA) is 213 Å². The van der Waals surface area contributed by atoms with Crippen molar-refractivity contribution >= 4 is 65.2 Å². The number of nitrogens with one attached hydrogen (secondary N) is 2. The van der Waals surface area contributed by atoms with Gasteiger partial charge >= 0.3 is 17.9 Å². The van der Waals surface area contributed by atoms with Gasteiger partial charge in [-0.2, -0.15) is 0 Å². The van der Waals surface area contributed by atoms with Gasteiger partial charge in [0.15, 0.2) is 0 Å². The van der Waals surface area contributed by atoms with Crippen LogP contribution in [0.15, 0.2) is 0 Å². The summed E-state index contributed by atoms with van der Waals surface area (Å²) in [5, 5.41) is 31.1. The molecule has 329 valence electrons. The summed E-state index contributed by atoms with van der Waals surface area (Å²) in [5.74, 6) is -5.23. The summed E-state index contributed by atoms with van der Waals surface area (Å²) in [6.45, 7) is 4.50. The molecule has 1 radical (unpaired) electrons. The van der Waals surface area contributed by atoms with Crippen molar-refractivity contribution in [2.45, 2.75) is 244 Å². The van der Waals surface area contributed by atoms with Crippen molar-refractivity contribution < 1.29 is 44.1 Å². The first kappa shape index (κ1) is 59.1. The zero-order chi connectivity index (χ0) is 42.1. The molecule has 3 amide bonds. The Kier molecular flexibility index (Phi) is 46.6. The third kappa shape index (κ3) is 46.4. The molecule has 0 aromatic heterocycles. The van der Waals surface area contributed by atoms with Crippen LogP contribution < -0.4 is 16.4 Å². The molecule has 0 saturated heterocycles. The number of unbranched alkanes of at least 4 members (excludes halogenated alkanes) is 28. The number of carboxylic acid groups (broad SMARTS) is 3. The first-order valence-electron chi connectivity index (χ1n) is 22.5. The van der Waals surface area contributed by atoms with Crippen LogP contribution in [0.3, 0.4) is 0 Å². The third-order valence-corrected chi connectivity index (χ3v) is 10.1. The van der Waals surface area contributed by atoms with Crippen LogP contribution in [0.25, 0.3) is 0 Å². The summed E-state index contributed by atoms with van der Waals surface area (Å²) < 4.78 is 0. The standard InChI is InChI=1S/C22H42N2O4.C22H41NO5.Na/c1-2-3-4-5-6-7-8-9-10-11-12-13-14-15-16-17-21(26)24-19(22(27)28)18-20(23)25;1-2-3-4-5-6-7-8-9-10-11-12-13-14-15-16-17-20(24)23-19(22(27)28)18-21(25)26;/h19H,2-18H2,1H3,(H2,23,25)(H,24,26)(H,27,28);19H,2-18H2,1H3,(H,23,24)(H,25,26)(H,27,28);/t2*19-;/m00./s1. The average Bonchev–Trinajstić information content (AvgIpc) is 3.14. The molecule has 0 aliphatic rings. The normalized spacial score (nSPS) is 11.7. The Bertz CT molecular complexity index is 937.